The number of aliphatic hydroxyl groups is 2. The summed E-state index contributed by atoms with van der Waals surface area (Å²) in [5, 5.41) is 20.5. The number of carbonyl (C=O) groups is 2. The summed E-state index contributed by atoms with van der Waals surface area (Å²) in [5.74, 6) is 2.27. The molecule has 1 aliphatic rings. The van der Waals surface area contributed by atoms with Gasteiger partial charge in [-0.3, -0.25) is 0 Å². The minimum absolute atomic E-state index is 0.0665. The van der Waals surface area contributed by atoms with Gasteiger partial charge in [-0.15, -0.1) is 6.42 Å². The lowest BCUT2D eigenvalue weighted by Gasteiger charge is -2.24. The number of terminal acetylenes is 1. The van der Waals surface area contributed by atoms with E-state index in [0.717, 1.165) is 43.4 Å². The van der Waals surface area contributed by atoms with Gasteiger partial charge in [0.25, 0.3) is 0 Å². The van der Waals surface area contributed by atoms with Crippen LogP contribution < -0.4 is 4.90 Å². The molecule has 1 saturated heterocycles. The summed E-state index contributed by atoms with van der Waals surface area (Å²) in [5.41, 5.74) is -1.34. The fraction of sp³-hybridized carbons (Fsp3) is 0.744. The fourth-order valence-electron chi connectivity index (χ4n) is 6.51. The second-order valence-electron chi connectivity index (χ2n) is 13.7. The summed E-state index contributed by atoms with van der Waals surface area (Å²) in [4.78, 5) is 36.5. The van der Waals surface area contributed by atoms with E-state index < -0.39 is 36.7 Å². The van der Waals surface area contributed by atoms with Crippen molar-refractivity contribution in [2.45, 2.75) is 167 Å². The van der Waals surface area contributed by atoms with Crippen molar-refractivity contribution in [3.63, 3.8) is 0 Å². The summed E-state index contributed by atoms with van der Waals surface area (Å²) >= 11 is 6.37. The molecule has 286 valence electrons. The van der Waals surface area contributed by atoms with Crippen molar-refractivity contribution in [3.05, 3.63) is 17.5 Å². The van der Waals surface area contributed by atoms with E-state index in [1.807, 2.05) is 0 Å². The predicted octanol–water partition coefficient (Wildman–Crippen LogP) is 9.65. The molecule has 0 radical (unpaired) electrons. The SMILES string of the molecule is C#C[C@]1(CO)O[C@@H](n2ccc3c(N(C(=O)OCCCCCCCCCCCC)C(=O)OCCCCCCCCCCCC)nc(Cl)nc32)C[C@@H]1O. The lowest BCUT2D eigenvalue weighted by molar-refractivity contribution is -0.0890. The number of hydrogen-bond donors (Lipinski definition) is 2. The van der Waals surface area contributed by atoms with Crippen LogP contribution in [0.15, 0.2) is 12.3 Å². The number of aromatic nitrogens is 3. The molecular weight excluding hydrogens is 672 g/mol. The summed E-state index contributed by atoms with van der Waals surface area (Å²) in [7, 11) is 0. The predicted molar refractivity (Wildman–Crippen MR) is 201 cm³/mol. The van der Waals surface area contributed by atoms with Gasteiger partial charge >= 0.3 is 12.2 Å². The van der Waals surface area contributed by atoms with E-state index in [-0.39, 0.29) is 36.4 Å². The molecule has 11 nitrogen and oxygen atoms in total. The molecule has 2 aromatic rings. The molecule has 51 heavy (non-hydrogen) atoms. The number of aliphatic hydroxyl groups excluding tert-OH is 2. The van der Waals surface area contributed by atoms with Crippen molar-refractivity contribution in [1.29, 1.82) is 0 Å². The van der Waals surface area contributed by atoms with E-state index in [2.05, 4.69) is 29.7 Å². The molecule has 0 aliphatic carbocycles. The zero-order valence-corrected chi connectivity index (χ0v) is 31.7. The third kappa shape index (κ3) is 13.2. The number of nitrogens with zero attached hydrogens (tertiary/aromatic N) is 4. The number of carbonyl (C=O) groups excluding carboxylic acids is 2. The molecule has 3 heterocycles. The molecule has 0 unspecified atom stereocenters. The molecule has 0 spiro atoms. The van der Waals surface area contributed by atoms with Crippen molar-refractivity contribution < 1.29 is 34.0 Å². The van der Waals surface area contributed by atoms with Crippen molar-refractivity contribution in [2.75, 3.05) is 24.7 Å². The topological polar surface area (TPSA) is 136 Å². The van der Waals surface area contributed by atoms with E-state index in [0.29, 0.717) is 18.2 Å². The van der Waals surface area contributed by atoms with Gasteiger partial charge in [0.15, 0.2) is 11.4 Å². The summed E-state index contributed by atoms with van der Waals surface area (Å²) < 4.78 is 18.7. The van der Waals surface area contributed by atoms with Crippen molar-refractivity contribution in [2.24, 2.45) is 0 Å². The summed E-state index contributed by atoms with van der Waals surface area (Å²) in [6.45, 7) is 4.15. The molecule has 1 fully saturated rings. The monoisotopic (exact) mass is 732 g/mol. The fourth-order valence-corrected chi connectivity index (χ4v) is 6.67. The highest BCUT2D eigenvalue weighted by molar-refractivity contribution is 6.29. The summed E-state index contributed by atoms with van der Waals surface area (Å²) in [6.07, 6.45) is 26.2. The largest absolute Gasteiger partial charge is 0.449 e. The highest BCUT2D eigenvalue weighted by atomic mass is 35.5. The Kier molecular flexibility index (Phi) is 19.7. The Bertz CT molecular complexity index is 1330. The number of amides is 2. The highest BCUT2D eigenvalue weighted by Crippen LogP contribution is 2.39. The van der Waals surface area contributed by atoms with Gasteiger partial charge in [-0.1, -0.05) is 135 Å². The Morgan fingerprint density at radius 1 is 0.882 bits per heavy atom. The Morgan fingerprint density at radius 2 is 1.35 bits per heavy atom. The van der Waals surface area contributed by atoms with E-state index >= 15 is 0 Å². The Hall–Kier alpha value is -2.91. The third-order valence-corrected chi connectivity index (χ3v) is 9.82. The van der Waals surface area contributed by atoms with Crippen LogP contribution in [0.2, 0.25) is 5.28 Å². The maximum atomic E-state index is 13.6. The molecule has 3 rings (SSSR count). The van der Waals surface area contributed by atoms with Gasteiger partial charge in [0.05, 0.1) is 25.2 Å². The molecule has 3 atom stereocenters. The Labute approximate surface area is 309 Å². The molecule has 0 bridgehead atoms. The van der Waals surface area contributed by atoms with Gasteiger partial charge in [0.1, 0.15) is 18.0 Å². The number of anilines is 1. The molecule has 2 aromatic heterocycles. The van der Waals surface area contributed by atoms with Crippen LogP contribution in [-0.2, 0) is 14.2 Å². The number of rotatable bonds is 25. The third-order valence-electron chi connectivity index (χ3n) is 9.65. The van der Waals surface area contributed by atoms with Gasteiger partial charge in [0.2, 0.25) is 5.28 Å². The zero-order chi connectivity index (χ0) is 36.9. The molecule has 2 N–H and O–H groups in total. The van der Waals surface area contributed by atoms with Crippen LogP contribution >= 0.6 is 11.6 Å². The minimum Gasteiger partial charge on any atom is -0.449 e. The quantitative estimate of drug-likeness (QED) is 0.0581. The standard InChI is InChI=1S/C39H61ClN4O7/c1-4-7-9-11-13-15-17-19-21-23-27-49-37(47)44(38(48)50-28-24-22-20-18-16-14-12-10-8-5-2)35-31-25-26-43(34(31)41-36(40)42-35)33-29-32(46)39(6-3,30-45)51-33/h3,25-26,32-33,45-46H,4-5,7-24,27-30H2,1-2H3/t32-,33+,39+/m0/s1. The highest BCUT2D eigenvalue weighted by Gasteiger charge is 2.48. The first-order valence-electron chi connectivity index (χ1n) is 19.4. The van der Waals surface area contributed by atoms with Crippen LogP contribution in [0.4, 0.5) is 15.4 Å². The van der Waals surface area contributed by atoms with Crippen LogP contribution in [0.5, 0.6) is 0 Å². The van der Waals surface area contributed by atoms with Crippen molar-refractivity contribution in [3.8, 4) is 12.3 Å². The van der Waals surface area contributed by atoms with Gasteiger partial charge in [-0.2, -0.15) is 14.9 Å². The maximum absolute atomic E-state index is 13.6. The number of fused-ring (bicyclic) bond motifs is 1. The van der Waals surface area contributed by atoms with Crippen LogP contribution in [-0.4, -0.2) is 68.5 Å². The van der Waals surface area contributed by atoms with E-state index in [9.17, 15) is 19.8 Å². The molecule has 12 heteroatoms. The van der Waals surface area contributed by atoms with Gasteiger partial charge in [0, 0.05) is 12.6 Å². The number of halogens is 1. The van der Waals surface area contributed by atoms with E-state index in [1.54, 1.807) is 16.8 Å². The Morgan fingerprint density at radius 3 is 1.78 bits per heavy atom. The first kappa shape index (κ1) is 42.5. The minimum atomic E-state index is -1.58. The van der Waals surface area contributed by atoms with Gasteiger partial charge < -0.3 is 29.0 Å². The Balaban J connectivity index is 1.65. The van der Waals surface area contributed by atoms with Crippen LogP contribution in [0.3, 0.4) is 0 Å². The first-order valence-corrected chi connectivity index (χ1v) is 19.8. The van der Waals surface area contributed by atoms with Crippen molar-refractivity contribution in [1.82, 2.24) is 14.5 Å². The van der Waals surface area contributed by atoms with E-state index in [1.165, 1.54) is 77.0 Å². The van der Waals surface area contributed by atoms with Gasteiger partial charge in [-0.25, -0.2) is 9.59 Å². The number of imide groups is 1. The number of ether oxygens (including phenoxy) is 3. The van der Waals surface area contributed by atoms with Crippen molar-refractivity contribution >= 4 is 40.6 Å². The second kappa shape index (κ2) is 23.6. The molecule has 0 aromatic carbocycles. The van der Waals surface area contributed by atoms with E-state index in [4.69, 9.17) is 32.2 Å². The maximum Gasteiger partial charge on any atom is 0.425 e. The number of unbranched alkanes of at least 4 members (excludes halogenated alkanes) is 18. The lowest BCUT2D eigenvalue weighted by atomic mass is 9.99. The molecule has 2 amide bonds. The molecule has 0 saturated carbocycles. The van der Waals surface area contributed by atoms with Gasteiger partial charge in [-0.05, 0) is 30.5 Å². The average Bonchev–Trinajstić information content (AvgIpc) is 3.70. The molecule has 1 aliphatic heterocycles. The molecular formula is C39H61ClN4O7. The average molecular weight is 733 g/mol. The van der Waals surface area contributed by atoms with Crippen LogP contribution in [0.1, 0.15) is 155 Å². The van der Waals surface area contributed by atoms with Crippen LogP contribution in [0.25, 0.3) is 11.0 Å². The summed E-state index contributed by atoms with van der Waals surface area (Å²) in [6, 6.07) is 1.61. The zero-order valence-electron chi connectivity index (χ0n) is 31.0. The number of hydrogen-bond acceptors (Lipinski definition) is 9. The normalized spacial score (nSPS) is 18.6. The first-order chi connectivity index (χ1) is 24.8. The second-order valence-corrected chi connectivity index (χ2v) is 14.1. The smallest absolute Gasteiger partial charge is 0.425 e. The van der Waals surface area contributed by atoms with Crippen LogP contribution in [0, 0.1) is 12.3 Å². The lowest BCUT2D eigenvalue weighted by Crippen LogP contribution is -2.41.